The van der Waals surface area contributed by atoms with Crippen LogP contribution in [0.4, 0.5) is 0 Å². The molecule has 0 saturated carbocycles. The van der Waals surface area contributed by atoms with Crippen LogP contribution in [-0.2, 0) is 17.1 Å². The van der Waals surface area contributed by atoms with Crippen molar-refractivity contribution in [3.8, 4) is 0 Å². The van der Waals surface area contributed by atoms with Gasteiger partial charge in [0.2, 0.25) is 0 Å². The first kappa shape index (κ1) is 11.6. The number of nitrogens with zero attached hydrogens (tertiary/aromatic N) is 3. The quantitative estimate of drug-likeness (QED) is 0.754. The van der Waals surface area contributed by atoms with Gasteiger partial charge in [-0.3, -0.25) is 0 Å². The van der Waals surface area contributed by atoms with Gasteiger partial charge in [-0.25, -0.2) is 13.4 Å². The van der Waals surface area contributed by atoms with Crippen LogP contribution in [0.1, 0.15) is 6.92 Å². The molecule has 2 heterocycles. The Bertz CT molecular complexity index is 468. The van der Waals surface area contributed by atoms with Gasteiger partial charge in [0.1, 0.15) is 0 Å². The molecule has 6 nitrogen and oxygen atoms in total. The maximum absolute atomic E-state index is 12.2. The molecule has 0 radical (unpaired) electrons. The lowest BCUT2D eigenvalue weighted by molar-refractivity contribution is 0.309. The summed E-state index contributed by atoms with van der Waals surface area (Å²) in [5, 5.41) is 3.34. The largest absolute Gasteiger partial charge is 0.339 e. The molecule has 2 rings (SSSR count). The van der Waals surface area contributed by atoms with Crippen molar-refractivity contribution in [1.82, 2.24) is 19.2 Å². The Balaban J connectivity index is 2.25. The molecule has 1 aliphatic rings. The van der Waals surface area contributed by atoms with E-state index in [-0.39, 0.29) is 11.1 Å². The predicted octanol–water partition coefficient (Wildman–Crippen LogP) is -0.597. The summed E-state index contributed by atoms with van der Waals surface area (Å²) in [6, 6.07) is 0.187. The highest BCUT2D eigenvalue weighted by atomic mass is 32.2. The second-order valence-corrected chi connectivity index (χ2v) is 5.98. The summed E-state index contributed by atoms with van der Waals surface area (Å²) in [5.41, 5.74) is 0. The van der Waals surface area contributed by atoms with E-state index in [0.717, 1.165) is 0 Å². The standard InChI is InChI=1S/C9H16N4O2S/c1-8-5-13(4-3-10-8)16(14,15)9-6-12(2)7-11-9/h6-8,10H,3-5H2,1-2H3. The Kier molecular flexibility index (Phi) is 3.00. The lowest BCUT2D eigenvalue weighted by Gasteiger charge is -2.30. The fraction of sp³-hybridized carbons (Fsp3) is 0.667. The van der Waals surface area contributed by atoms with Gasteiger partial charge >= 0.3 is 0 Å². The third-order valence-corrected chi connectivity index (χ3v) is 4.37. The van der Waals surface area contributed by atoms with Crippen LogP contribution in [0, 0.1) is 0 Å². The van der Waals surface area contributed by atoms with Crippen molar-refractivity contribution in [1.29, 1.82) is 0 Å². The molecule has 0 aliphatic carbocycles. The average Bonchev–Trinajstić information content (AvgIpc) is 2.65. The van der Waals surface area contributed by atoms with E-state index < -0.39 is 10.0 Å². The summed E-state index contributed by atoms with van der Waals surface area (Å²) in [4.78, 5) is 3.90. The molecule has 0 amide bonds. The molecule has 1 N–H and O–H groups in total. The number of piperazine rings is 1. The number of nitrogens with one attached hydrogen (secondary N) is 1. The molecule has 1 unspecified atom stereocenters. The van der Waals surface area contributed by atoms with Crippen molar-refractivity contribution in [2.45, 2.75) is 18.0 Å². The second-order valence-electron chi connectivity index (χ2n) is 4.10. The Morgan fingerprint density at radius 1 is 1.56 bits per heavy atom. The lowest BCUT2D eigenvalue weighted by Crippen LogP contribution is -2.51. The zero-order valence-electron chi connectivity index (χ0n) is 9.42. The molecule has 1 aromatic rings. The van der Waals surface area contributed by atoms with E-state index in [0.29, 0.717) is 19.6 Å². The number of hydrogen-bond acceptors (Lipinski definition) is 4. The first-order valence-corrected chi connectivity index (χ1v) is 6.65. The van der Waals surface area contributed by atoms with Crippen molar-refractivity contribution in [2.75, 3.05) is 19.6 Å². The summed E-state index contributed by atoms with van der Waals surface area (Å²) in [7, 11) is -1.66. The number of rotatable bonds is 2. The second kappa shape index (κ2) is 4.15. The highest BCUT2D eigenvalue weighted by molar-refractivity contribution is 7.89. The van der Waals surface area contributed by atoms with Crippen LogP contribution in [0.3, 0.4) is 0 Å². The maximum Gasteiger partial charge on any atom is 0.262 e. The summed E-state index contributed by atoms with van der Waals surface area (Å²) in [6.07, 6.45) is 3.03. The summed E-state index contributed by atoms with van der Waals surface area (Å²) >= 11 is 0. The molecule has 1 aliphatic heterocycles. The van der Waals surface area contributed by atoms with Gasteiger partial charge in [0.05, 0.1) is 6.33 Å². The highest BCUT2D eigenvalue weighted by Crippen LogP contribution is 2.14. The Hall–Kier alpha value is -0.920. The zero-order chi connectivity index (χ0) is 11.8. The highest BCUT2D eigenvalue weighted by Gasteiger charge is 2.29. The van der Waals surface area contributed by atoms with Gasteiger partial charge in [-0.2, -0.15) is 4.31 Å². The molecule has 7 heteroatoms. The molecule has 90 valence electrons. The maximum atomic E-state index is 12.2. The lowest BCUT2D eigenvalue weighted by atomic mass is 10.3. The third kappa shape index (κ3) is 2.11. The van der Waals surface area contributed by atoms with Crippen molar-refractivity contribution in [3.63, 3.8) is 0 Å². The van der Waals surface area contributed by atoms with E-state index in [2.05, 4.69) is 10.3 Å². The van der Waals surface area contributed by atoms with Crippen LogP contribution in [0.5, 0.6) is 0 Å². The molecular formula is C9H16N4O2S. The summed E-state index contributed by atoms with van der Waals surface area (Å²) < 4.78 is 27.5. The minimum absolute atomic E-state index is 0.129. The number of sulfonamides is 1. The molecular weight excluding hydrogens is 228 g/mol. The van der Waals surface area contributed by atoms with Gasteiger partial charge < -0.3 is 9.88 Å². The smallest absolute Gasteiger partial charge is 0.262 e. The monoisotopic (exact) mass is 244 g/mol. The van der Waals surface area contributed by atoms with Crippen LogP contribution < -0.4 is 5.32 Å². The predicted molar refractivity (Wildman–Crippen MR) is 59.4 cm³/mol. The topological polar surface area (TPSA) is 67.2 Å². The van der Waals surface area contributed by atoms with E-state index >= 15 is 0 Å². The average molecular weight is 244 g/mol. The fourth-order valence-electron chi connectivity index (χ4n) is 1.77. The van der Waals surface area contributed by atoms with E-state index in [9.17, 15) is 8.42 Å². The van der Waals surface area contributed by atoms with Crippen molar-refractivity contribution >= 4 is 10.0 Å². The molecule has 1 saturated heterocycles. The van der Waals surface area contributed by atoms with E-state index in [4.69, 9.17) is 0 Å². The van der Waals surface area contributed by atoms with Crippen molar-refractivity contribution in [2.24, 2.45) is 7.05 Å². The molecule has 16 heavy (non-hydrogen) atoms. The molecule has 0 bridgehead atoms. The Labute approximate surface area is 95.3 Å². The van der Waals surface area contributed by atoms with Crippen LogP contribution in [0.15, 0.2) is 17.6 Å². The Morgan fingerprint density at radius 2 is 2.31 bits per heavy atom. The Morgan fingerprint density at radius 3 is 2.88 bits per heavy atom. The van der Waals surface area contributed by atoms with Crippen molar-refractivity contribution < 1.29 is 8.42 Å². The van der Waals surface area contributed by atoms with Crippen LogP contribution in [0.2, 0.25) is 0 Å². The first-order valence-electron chi connectivity index (χ1n) is 5.21. The van der Waals surface area contributed by atoms with Gasteiger partial charge in [-0.05, 0) is 6.92 Å². The van der Waals surface area contributed by atoms with Gasteiger partial charge in [0.25, 0.3) is 10.0 Å². The van der Waals surface area contributed by atoms with Gasteiger partial charge in [0, 0.05) is 38.9 Å². The van der Waals surface area contributed by atoms with E-state index in [1.807, 2.05) is 6.92 Å². The van der Waals surface area contributed by atoms with E-state index in [1.54, 1.807) is 11.6 Å². The van der Waals surface area contributed by atoms with Gasteiger partial charge in [0.15, 0.2) is 5.03 Å². The van der Waals surface area contributed by atoms with Gasteiger partial charge in [-0.1, -0.05) is 0 Å². The third-order valence-electron chi connectivity index (χ3n) is 2.62. The number of hydrogen-bond donors (Lipinski definition) is 1. The number of imidazole rings is 1. The molecule has 0 aromatic carbocycles. The van der Waals surface area contributed by atoms with Crippen molar-refractivity contribution in [3.05, 3.63) is 12.5 Å². The fourth-order valence-corrected chi connectivity index (χ4v) is 3.27. The van der Waals surface area contributed by atoms with Crippen LogP contribution in [-0.4, -0.2) is 48.0 Å². The molecule has 0 spiro atoms. The summed E-state index contributed by atoms with van der Waals surface area (Å²) in [5.74, 6) is 0. The minimum Gasteiger partial charge on any atom is -0.339 e. The molecule has 1 atom stereocenters. The molecule has 1 aromatic heterocycles. The van der Waals surface area contributed by atoms with Crippen LogP contribution >= 0.6 is 0 Å². The first-order chi connectivity index (χ1) is 7.50. The summed E-state index contributed by atoms with van der Waals surface area (Å²) in [6.45, 7) is 3.66. The van der Waals surface area contributed by atoms with Gasteiger partial charge in [-0.15, -0.1) is 0 Å². The zero-order valence-corrected chi connectivity index (χ0v) is 10.2. The minimum atomic E-state index is -3.41. The number of aromatic nitrogens is 2. The normalized spacial score (nSPS) is 23.5. The van der Waals surface area contributed by atoms with E-state index in [1.165, 1.54) is 16.8 Å². The van der Waals surface area contributed by atoms with Crippen LogP contribution in [0.25, 0.3) is 0 Å². The SMILES string of the molecule is CC1CN(S(=O)(=O)c2cn(C)cn2)CCN1. The molecule has 1 fully saturated rings. The number of aryl methyl sites for hydroxylation is 1.